The first-order chi connectivity index (χ1) is 13.1. The van der Waals surface area contributed by atoms with Crippen LogP contribution in [0.5, 0.6) is 11.5 Å². The number of amides is 1. The zero-order valence-electron chi connectivity index (χ0n) is 15.7. The Morgan fingerprint density at radius 3 is 2.48 bits per heavy atom. The van der Waals surface area contributed by atoms with E-state index in [2.05, 4.69) is 10.3 Å². The highest BCUT2D eigenvalue weighted by Gasteiger charge is 2.19. The first-order valence-electron chi connectivity index (χ1n) is 9.19. The molecule has 0 spiro atoms. The monoisotopic (exact) mass is 371 g/mol. The van der Waals surface area contributed by atoms with Gasteiger partial charge < -0.3 is 14.8 Å². The topological polar surface area (TPSA) is 82.4 Å². The number of nitrogens with one attached hydrogen (secondary N) is 1. The molecule has 1 fully saturated rings. The molecule has 0 saturated heterocycles. The van der Waals surface area contributed by atoms with Gasteiger partial charge in [0.25, 0.3) is 11.5 Å². The van der Waals surface area contributed by atoms with Crippen LogP contribution in [0.25, 0.3) is 0 Å². The van der Waals surface area contributed by atoms with E-state index in [-0.39, 0.29) is 11.5 Å². The van der Waals surface area contributed by atoms with E-state index in [0.29, 0.717) is 36.1 Å². The zero-order valence-corrected chi connectivity index (χ0v) is 15.7. The smallest absolute Gasteiger partial charge is 0.258 e. The Balaban J connectivity index is 1.63. The first-order valence-corrected chi connectivity index (χ1v) is 9.19. The molecule has 1 heterocycles. The highest BCUT2D eigenvalue weighted by atomic mass is 16.5. The van der Waals surface area contributed by atoms with Gasteiger partial charge in [0.15, 0.2) is 0 Å². The van der Waals surface area contributed by atoms with Gasteiger partial charge in [-0.2, -0.15) is 0 Å². The van der Waals surface area contributed by atoms with E-state index in [0.717, 1.165) is 18.5 Å². The number of carbonyl (C=O) groups is 1. The molecule has 1 N–H and O–H groups in total. The molecule has 1 saturated carbocycles. The van der Waals surface area contributed by atoms with Crippen molar-refractivity contribution < 1.29 is 14.3 Å². The van der Waals surface area contributed by atoms with Gasteiger partial charge in [0, 0.05) is 25.1 Å². The molecule has 144 valence electrons. The summed E-state index contributed by atoms with van der Waals surface area (Å²) < 4.78 is 12.0. The summed E-state index contributed by atoms with van der Waals surface area (Å²) in [5, 5.41) is 2.81. The normalized spacial score (nSPS) is 14.1. The predicted octanol–water partition coefficient (Wildman–Crippen LogP) is 2.35. The molecule has 0 unspecified atom stereocenters. The highest BCUT2D eigenvalue weighted by Crippen LogP contribution is 2.32. The lowest BCUT2D eigenvalue weighted by atomic mass is 10.0. The molecule has 7 nitrogen and oxygen atoms in total. The summed E-state index contributed by atoms with van der Waals surface area (Å²) in [6.07, 6.45) is 6.19. The maximum absolute atomic E-state index is 12.5. The molecule has 7 heteroatoms. The van der Waals surface area contributed by atoms with E-state index in [4.69, 9.17) is 9.47 Å². The fourth-order valence-electron chi connectivity index (χ4n) is 3.51. The third-order valence-corrected chi connectivity index (χ3v) is 4.97. The zero-order chi connectivity index (χ0) is 19.2. The van der Waals surface area contributed by atoms with Gasteiger partial charge in [0.1, 0.15) is 17.1 Å². The average Bonchev–Trinajstić information content (AvgIpc) is 3.23. The first kappa shape index (κ1) is 18.9. The molecule has 1 aliphatic rings. The Morgan fingerprint density at radius 1 is 1.22 bits per heavy atom. The van der Waals surface area contributed by atoms with Crippen molar-refractivity contribution in [3.8, 4) is 11.5 Å². The fraction of sp³-hybridized carbons (Fsp3) is 0.450. The Morgan fingerprint density at radius 2 is 1.89 bits per heavy atom. The van der Waals surface area contributed by atoms with Crippen LogP contribution in [0.15, 0.2) is 35.4 Å². The number of rotatable bonds is 7. The number of ether oxygens (including phenoxy) is 2. The molecule has 0 aliphatic heterocycles. The predicted molar refractivity (Wildman–Crippen MR) is 102 cm³/mol. The van der Waals surface area contributed by atoms with Crippen molar-refractivity contribution in [1.29, 1.82) is 0 Å². The van der Waals surface area contributed by atoms with E-state index in [1.165, 1.54) is 31.6 Å². The summed E-state index contributed by atoms with van der Waals surface area (Å²) in [5.74, 6) is 0.969. The van der Waals surface area contributed by atoms with Crippen molar-refractivity contribution in [3.63, 3.8) is 0 Å². The summed E-state index contributed by atoms with van der Waals surface area (Å²) in [6.45, 7) is 0.643. The standard InChI is InChI=1S/C20H25N3O4/c1-26-16-8-5-9-17(27-2)19(16)20(25)21-10-11-23-13-22-15(12-18(23)24)14-6-3-4-7-14/h5,8-9,12-14H,3-4,6-7,10-11H2,1-2H3,(H,21,25). The Labute approximate surface area is 158 Å². The average molecular weight is 371 g/mol. The molecule has 0 bridgehead atoms. The fourth-order valence-corrected chi connectivity index (χ4v) is 3.51. The molecular formula is C20H25N3O4. The van der Waals surface area contributed by atoms with Gasteiger partial charge in [0.05, 0.1) is 26.2 Å². The minimum absolute atomic E-state index is 0.0870. The Bertz CT molecular complexity index is 834. The quantitative estimate of drug-likeness (QED) is 0.808. The largest absolute Gasteiger partial charge is 0.496 e. The van der Waals surface area contributed by atoms with Gasteiger partial charge in [-0.3, -0.25) is 14.2 Å². The minimum Gasteiger partial charge on any atom is -0.496 e. The molecule has 2 aromatic rings. The number of hydrogen-bond acceptors (Lipinski definition) is 5. The number of carbonyl (C=O) groups excluding carboxylic acids is 1. The SMILES string of the molecule is COc1cccc(OC)c1C(=O)NCCn1cnc(C2CCCC2)cc1=O. The van der Waals surface area contributed by atoms with Crippen LogP contribution in [0.2, 0.25) is 0 Å². The number of hydrogen-bond donors (Lipinski definition) is 1. The molecule has 1 aliphatic carbocycles. The number of benzene rings is 1. The summed E-state index contributed by atoms with van der Waals surface area (Å²) in [7, 11) is 3.01. The lowest BCUT2D eigenvalue weighted by molar-refractivity contribution is 0.0946. The second-order valence-corrected chi connectivity index (χ2v) is 6.62. The molecular weight excluding hydrogens is 346 g/mol. The van der Waals surface area contributed by atoms with Gasteiger partial charge in [0.2, 0.25) is 0 Å². The second-order valence-electron chi connectivity index (χ2n) is 6.62. The van der Waals surface area contributed by atoms with Crippen molar-refractivity contribution in [1.82, 2.24) is 14.9 Å². The van der Waals surface area contributed by atoms with Crippen LogP contribution >= 0.6 is 0 Å². The third kappa shape index (κ3) is 4.30. The Hall–Kier alpha value is -2.83. The second kappa shape index (κ2) is 8.70. The number of aromatic nitrogens is 2. The summed E-state index contributed by atoms with van der Waals surface area (Å²) >= 11 is 0. The number of methoxy groups -OCH3 is 2. The van der Waals surface area contributed by atoms with Crippen LogP contribution in [-0.2, 0) is 6.54 Å². The van der Waals surface area contributed by atoms with Gasteiger partial charge in [-0.15, -0.1) is 0 Å². The van der Waals surface area contributed by atoms with Gasteiger partial charge in [-0.05, 0) is 25.0 Å². The Kier molecular flexibility index (Phi) is 6.11. The van der Waals surface area contributed by atoms with Crippen LogP contribution in [0.1, 0.15) is 47.7 Å². The van der Waals surface area contributed by atoms with Crippen molar-refractivity contribution in [3.05, 3.63) is 52.2 Å². The molecule has 3 rings (SSSR count). The van der Waals surface area contributed by atoms with Crippen LogP contribution in [0.4, 0.5) is 0 Å². The minimum atomic E-state index is -0.312. The highest BCUT2D eigenvalue weighted by molar-refractivity contribution is 5.99. The van der Waals surface area contributed by atoms with Crippen LogP contribution in [-0.4, -0.2) is 36.2 Å². The molecule has 1 amide bonds. The molecule has 1 aromatic carbocycles. The van der Waals surface area contributed by atoms with E-state index >= 15 is 0 Å². The van der Waals surface area contributed by atoms with E-state index in [9.17, 15) is 9.59 Å². The lowest BCUT2D eigenvalue weighted by Gasteiger charge is -2.14. The summed E-state index contributed by atoms with van der Waals surface area (Å²) in [5.41, 5.74) is 1.14. The van der Waals surface area contributed by atoms with Crippen molar-refractivity contribution in [2.45, 2.75) is 38.1 Å². The van der Waals surface area contributed by atoms with Crippen molar-refractivity contribution in [2.24, 2.45) is 0 Å². The van der Waals surface area contributed by atoms with E-state index in [1.54, 1.807) is 30.6 Å². The van der Waals surface area contributed by atoms with Gasteiger partial charge >= 0.3 is 0 Å². The van der Waals surface area contributed by atoms with Crippen LogP contribution in [0.3, 0.4) is 0 Å². The molecule has 0 atom stereocenters. The lowest BCUT2D eigenvalue weighted by Crippen LogP contribution is -2.31. The van der Waals surface area contributed by atoms with Gasteiger partial charge in [-0.1, -0.05) is 18.9 Å². The summed E-state index contributed by atoms with van der Waals surface area (Å²) in [6, 6.07) is 6.79. The van der Waals surface area contributed by atoms with Crippen molar-refractivity contribution in [2.75, 3.05) is 20.8 Å². The van der Waals surface area contributed by atoms with Crippen LogP contribution in [0, 0.1) is 0 Å². The summed E-state index contributed by atoms with van der Waals surface area (Å²) in [4.78, 5) is 29.3. The van der Waals surface area contributed by atoms with Gasteiger partial charge in [-0.25, -0.2) is 4.98 Å². The van der Waals surface area contributed by atoms with E-state index in [1.807, 2.05) is 0 Å². The maximum atomic E-state index is 12.5. The van der Waals surface area contributed by atoms with Crippen molar-refractivity contribution >= 4 is 5.91 Å². The maximum Gasteiger partial charge on any atom is 0.258 e. The molecule has 0 radical (unpaired) electrons. The third-order valence-electron chi connectivity index (χ3n) is 4.97. The van der Waals surface area contributed by atoms with E-state index < -0.39 is 0 Å². The number of nitrogens with zero attached hydrogens (tertiary/aromatic N) is 2. The molecule has 1 aromatic heterocycles. The molecule has 27 heavy (non-hydrogen) atoms. The van der Waals surface area contributed by atoms with Crippen LogP contribution < -0.4 is 20.3 Å².